The molecule has 0 amide bonds. The lowest BCUT2D eigenvalue weighted by atomic mass is 9.94. The van der Waals surface area contributed by atoms with Crippen LogP contribution in [0.5, 0.6) is 0 Å². The largest absolute Gasteiger partial charge is 0.310 e. The van der Waals surface area contributed by atoms with E-state index in [2.05, 4.69) is 252 Å². The highest BCUT2D eigenvalue weighted by Crippen LogP contribution is 2.45. The molecule has 0 spiro atoms. The third-order valence-electron chi connectivity index (χ3n) is 11.7. The highest BCUT2D eigenvalue weighted by atomic mass is 15.1. The van der Waals surface area contributed by atoms with Crippen molar-refractivity contribution in [2.75, 3.05) is 4.90 Å². The molecule has 0 bridgehead atoms. The Bertz CT molecular complexity index is 3240. The number of para-hydroxylation sites is 2. The van der Waals surface area contributed by atoms with Gasteiger partial charge in [-0.2, -0.15) is 0 Å². The highest BCUT2D eigenvalue weighted by Gasteiger charge is 2.21. The Morgan fingerprint density at radius 2 is 0.767 bits per heavy atom. The molecule has 2 heteroatoms. The van der Waals surface area contributed by atoms with E-state index < -0.39 is 0 Å². The van der Waals surface area contributed by atoms with E-state index in [-0.39, 0.29) is 0 Å². The van der Waals surface area contributed by atoms with Gasteiger partial charge in [-0.1, -0.05) is 176 Å². The normalized spacial score (nSPS) is 11.3. The van der Waals surface area contributed by atoms with Crippen LogP contribution in [-0.4, -0.2) is 4.57 Å². The summed E-state index contributed by atoms with van der Waals surface area (Å²) in [6, 6.07) is 88.0. The Morgan fingerprint density at radius 1 is 0.300 bits per heavy atom. The molecular formula is C58H40N2. The molecule has 1 heterocycles. The molecule has 0 radical (unpaired) electrons. The molecule has 0 N–H and O–H groups in total. The fourth-order valence-electron chi connectivity index (χ4n) is 8.96. The van der Waals surface area contributed by atoms with Crippen molar-refractivity contribution in [1.82, 2.24) is 4.57 Å². The second kappa shape index (κ2) is 15.1. The minimum Gasteiger partial charge on any atom is -0.310 e. The molecule has 11 aromatic rings. The van der Waals surface area contributed by atoms with Crippen LogP contribution in [0.1, 0.15) is 0 Å². The number of fused-ring (bicyclic) bond motifs is 5. The molecule has 2 nitrogen and oxygen atoms in total. The van der Waals surface area contributed by atoms with E-state index in [0.717, 1.165) is 39.4 Å². The number of aromatic nitrogens is 1. The van der Waals surface area contributed by atoms with Gasteiger partial charge in [0, 0.05) is 38.9 Å². The average Bonchev–Trinajstić information content (AvgIpc) is 3.68. The predicted molar refractivity (Wildman–Crippen MR) is 255 cm³/mol. The van der Waals surface area contributed by atoms with Gasteiger partial charge in [0.25, 0.3) is 0 Å². The summed E-state index contributed by atoms with van der Waals surface area (Å²) in [7, 11) is 0. The van der Waals surface area contributed by atoms with Crippen LogP contribution in [0.3, 0.4) is 0 Å². The summed E-state index contributed by atoms with van der Waals surface area (Å²) in [5, 5.41) is 4.93. The molecule has 0 unspecified atom stereocenters. The van der Waals surface area contributed by atoms with Gasteiger partial charge >= 0.3 is 0 Å². The first-order valence-corrected chi connectivity index (χ1v) is 20.6. The summed E-state index contributed by atoms with van der Waals surface area (Å²) < 4.78 is 2.45. The Morgan fingerprint density at radius 3 is 1.40 bits per heavy atom. The molecule has 0 atom stereocenters. The lowest BCUT2D eigenvalue weighted by molar-refractivity contribution is 1.19. The predicted octanol–water partition coefficient (Wildman–Crippen LogP) is 16.1. The molecule has 0 aliphatic rings. The van der Waals surface area contributed by atoms with Crippen LogP contribution < -0.4 is 4.90 Å². The Kier molecular flexibility index (Phi) is 8.87. The number of benzene rings is 10. The van der Waals surface area contributed by atoms with Gasteiger partial charge in [0.05, 0.1) is 11.0 Å². The molecule has 0 fully saturated rings. The van der Waals surface area contributed by atoms with Crippen molar-refractivity contribution in [3.63, 3.8) is 0 Å². The van der Waals surface area contributed by atoms with Gasteiger partial charge in [-0.25, -0.2) is 0 Å². The van der Waals surface area contributed by atoms with Gasteiger partial charge in [-0.05, 0) is 117 Å². The monoisotopic (exact) mass is 764 g/mol. The molecule has 10 aromatic carbocycles. The van der Waals surface area contributed by atoms with E-state index in [1.165, 1.54) is 60.4 Å². The quantitative estimate of drug-likeness (QED) is 0.150. The fourth-order valence-corrected chi connectivity index (χ4v) is 8.96. The first-order chi connectivity index (χ1) is 29.8. The summed E-state index contributed by atoms with van der Waals surface area (Å²) in [4.78, 5) is 2.43. The molecule has 0 saturated carbocycles. The van der Waals surface area contributed by atoms with Crippen molar-refractivity contribution in [1.29, 1.82) is 0 Å². The lowest BCUT2D eigenvalue weighted by Crippen LogP contribution is -2.10. The first kappa shape index (κ1) is 35.2. The van der Waals surface area contributed by atoms with Crippen molar-refractivity contribution in [3.05, 3.63) is 243 Å². The zero-order valence-corrected chi connectivity index (χ0v) is 33.0. The van der Waals surface area contributed by atoms with Crippen LogP contribution in [-0.2, 0) is 0 Å². The van der Waals surface area contributed by atoms with Crippen LogP contribution in [0.15, 0.2) is 243 Å². The van der Waals surface area contributed by atoms with Gasteiger partial charge in [0.2, 0.25) is 0 Å². The third-order valence-corrected chi connectivity index (χ3v) is 11.7. The minimum atomic E-state index is 1.08. The van der Waals surface area contributed by atoms with E-state index in [1.807, 2.05) is 0 Å². The summed E-state index contributed by atoms with van der Waals surface area (Å²) in [6.07, 6.45) is 0. The average molecular weight is 765 g/mol. The Hall–Kier alpha value is -7.94. The molecule has 0 saturated heterocycles. The molecule has 1 aromatic heterocycles. The van der Waals surface area contributed by atoms with Gasteiger partial charge in [-0.15, -0.1) is 0 Å². The number of hydrogen-bond acceptors (Lipinski definition) is 1. The van der Waals surface area contributed by atoms with E-state index in [9.17, 15) is 0 Å². The van der Waals surface area contributed by atoms with E-state index in [1.54, 1.807) is 0 Å². The van der Waals surface area contributed by atoms with Gasteiger partial charge in [0.1, 0.15) is 0 Å². The SMILES string of the molecule is c1ccc(-c2cccc(N(c3cc(-c4ccccc4)cc(-c4ccccc4)c3)c3cccc(-c4cc5ccccc5c5c4c4ccccc4n5-c4ccccc4)c3)c2)cc1. The zero-order valence-electron chi connectivity index (χ0n) is 33.0. The van der Waals surface area contributed by atoms with Crippen molar-refractivity contribution in [2.45, 2.75) is 0 Å². The van der Waals surface area contributed by atoms with E-state index >= 15 is 0 Å². The number of nitrogens with zero attached hydrogens (tertiary/aromatic N) is 2. The maximum absolute atomic E-state index is 2.45. The van der Waals surface area contributed by atoms with Gasteiger partial charge < -0.3 is 9.47 Å². The van der Waals surface area contributed by atoms with Crippen LogP contribution in [0, 0.1) is 0 Å². The second-order valence-corrected chi connectivity index (χ2v) is 15.4. The molecule has 0 aliphatic carbocycles. The van der Waals surface area contributed by atoms with Crippen LogP contribution in [0.2, 0.25) is 0 Å². The van der Waals surface area contributed by atoms with Gasteiger partial charge in [0.15, 0.2) is 0 Å². The number of anilines is 3. The summed E-state index contributed by atoms with van der Waals surface area (Å²) >= 11 is 0. The number of rotatable bonds is 8. The fraction of sp³-hybridized carbons (Fsp3) is 0. The van der Waals surface area contributed by atoms with E-state index in [0.29, 0.717) is 0 Å². The Balaban J connectivity index is 1.18. The molecule has 60 heavy (non-hydrogen) atoms. The van der Waals surface area contributed by atoms with Crippen molar-refractivity contribution in [2.24, 2.45) is 0 Å². The standard InChI is InChI=1S/C58H40N2/c1-5-19-41(20-6-1)44-26-17-30-50(36-44)59(52-38-47(42-21-7-2-8-22-42)35-48(39-52)43-23-9-3-10-24-43)51-31-18-27-45(37-51)55-40-46-25-13-14-32-53(46)58-57(55)54-33-15-16-34-56(54)60(58)49-28-11-4-12-29-49/h1-40H. The second-order valence-electron chi connectivity index (χ2n) is 15.4. The molecule has 282 valence electrons. The van der Waals surface area contributed by atoms with Crippen molar-refractivity contribution >= 4 is 49.6 Å². The molecule has 11 rings (SSSR count). The van der Waals surface area contributed by atoms with Crippen LogP contribution in [0.4, 0.5) is 17.1 Å². The van der Waals surface area contributed by atoms with E-state index in [4.69, 9.17) is 0 Å². The number of hydrogen-bond donors (Lipinski definition) is 0. The maximum atomic E-state index is 2.45. The molecule has 0 aliphatic heterocycles. The maximum Gasteiger partial charge on any atom is 0.0625 e. The smallest absolute Gasteiger partial charge is 0.0625 e. The van der Waals surface area contributed by atoms with Crippen LogP contribution in [0.25, 0.3) is 82.8 Å². The lowest BCUT2D eigenvalue weighted by Gasteiger charge is -2.28. The highest BCUT2D eigenvalue weighted by molar-refractivity contribution is 6.24. The van der Waals surface area contributed by atoms with Crippen molar-refractivity contribution in [3.8, 4) is 50.2 Å². The summed E-state index contributed by atoms with van der Waals surface area (Å²) in [5.74, 6) is 0. The third kappa shape index (κ3) is 6.32. The Labute approximate surface area is 350 Å². The topological polar surface area (TPSA) is 8.17 Å². The summed E-state index contributed by atoms with van der Waals surface area (Å²) in [5.41, 5.74) is 16.2. The first-order valence-electron chi connectivity index (χ1n) is 20.6. The van der Waals surface area contributed by atoms with Gasteiger partial charge in [-0.3, -0.25) is 0 Å². The van der Waals surface area contributed by atoms with Crippen molar-refractivity contribution < 1.29 is 0 Å². The molecular weight excluding hydrogens is 725 g/mol. The minimum absolute atomic E-state index is 1.08. The zero-order chi connectivity index (χ0) is 39.8. The van der Waals surface area contributed by atoms with Crippen LogP contribution >= 0.6 is 0 Å². The summed E-state index contributed by atoms with van der Waals surface area (Å²) in [6.45, 7) is 0.